The molecular weight excluding hydrogens is 270 g/mol. The summed E-state index contributed by atoms with van der Waals surface area (Å²) in [6, 6.07) is 17.0. The summed E-state index contributed by atoms with van der Waals surface area (Å²) in [4.78, 5) is 0. The molecule has 0 saturated heterocycles. The zero-order valence-electron chi connectivity index (χ0n) is 11.5. The normalized spacial score (nSPS) is 11.7. The van der Waals surface area contributed by atoms with Gasteiger partial charge in [0.25, 0.3) is 0 Å². The van der Waals surface area contributed by atoms with Gasteiger partial charge in [-0.1, -0.05) is 48.5 Å². The molecule has 4 heteroatoms. The Kier molecular flexibility index (Phi) is 4.25. The van der Waals surface area contributed by atoms with Crippen molar-refractivity contribution in [1.82, 2.24) is 0 Å². The van der Waals surface area contributed by atoms with E-state index in [2.05, 4.69) is 0 Å². The molecule has 104 valence electrons. The summed E-state index contributed by atoms with van der Waals surface area (Å²) in [6.45, 7) is 1.89. The number of para-hydroxylation sites is 1. The highest BCUT2D eigenvalue weighted by Gasteiger charge is 2.15. The van der Waals surface area contributed by atoms with E-state index in [1.165, 1.54) is 10.6 Å². The molecule has 2 rings (SSSR count). The lowest BCUT2D eigenvalue weighted by molar-refractivity contribution is 0.601. The average Bonchev–Trinajstić information content (AvgIpc) is 2.41. The first-order valence-electron chi connectivity index (χ1n) is 6.27. The summed E-state index contributed by atoms with van der Waals surface area (Å²) >= 11 is 0. The number of hydrogen-bond donors (Lipinski definition) is 0. The third-order valence-electron chi connectivity index (χ3n) is 2.91. The summed E-state index contributed by atoms with van der Waals surface area (Å²) < 4.78 is 25.3. The lowest BCUT2D eigenvalue weighted by atomic mass is 10.2. The van der Waals surface area contributed by atoms with Gasteiger partial charge in [-0.25, -0.2) is 12.7 Å². The van der Waals surface area contributed by atoms with E-state index in [-0.39, 0.29) is 0 Å². The predicted octanol–water partition coefficient (Wildman–Crippen LogP) is 3.43. The molecule has 0 amide bonds. The quantitative estimate of drug-likeness (QED) is 0.864. The lowest BCUT2D eigenvalue weighted by Crippen LogP contribution is -2.24. The van der Waals surface area contributed by atoms with E-state index in [1.807, 2.05) is 55.5 Å². The maximum absolute atomic E-state index is 12.0. The van der Waals surface area contributed by atoms with Crippen molar-refractivity contribution >= 4 is 21.8 Å². The third-order valence-corrected chi connectivity index (χ3v) is 3.95. The Balaban J connectivity index is 2.41. The first-order valence-corrected chi connectivity index (χ1v) is 8.11. The molecular formula is C16H17NO2S. The van der Waals surface area contributed by atoms with E-state index in [9.17, 15) is 8.42 Å². The maximum atomic E-state index is 12.0. The molecule has 3 nitrogen and oxygen atoms in total. The van der Waals surface area contributed by atoms with Crippen molar-refractivity contribution in [1.29, 1.82) is 0 Å². The van der Waals surface area contributed by atoms with Gasteiger partial charge >= 0.3 is 0 Å². The molecule has 0 radical (unpaired) electrons. The highest BCUT2D eigenvalue weighted by atomic mass is 32.2. The minimum atomic E-state index is -3.36. The Morgan fingerprint density at radius 3 is 2.15 bits per heavy atom. The van der Waals surface area contributed by atoms with Crippen LogP contribution in [0.1, 0.15) is 11.1 Å². The summed E-state index contributed by atoms with van der Waals surface area (Å²) in [5, 5.41) is 0. The van der Waals surface area contributed by atoms with Crippen LogP contribution in [0.25, 0.3) is 6.08 Å². The lowest BCUT2D eigenvalue weighted by Gasteiger charge is -2.20. The topological polar surface area (TPSA) is 37.4 Å². The fourth-order valence-corrected chi connectivity index (χ4v) is 2.74. The van der Waals surface area contributed by atoms with Crippen molar-refractivity contribution in [2.24, 2.45) is 0 Å². The van der Waals surface area contributed by atoms with Crippen molar-refractivity contribution in [2.75, 3.05) is 10.6 Å². The average molecular weight is 287 g/mol. The molecule has 0 N–H and O–H groups in total. The molecule has 0 aliphatic rings. The van der Waals surface area contributed by atoms with E-state index in [0.717, 1.165) is 11.1 Å². The number of rotatable bonds is 4. The summed E-state index contributed by atoms with van der Waals surface area (Å²) in [5.74, 6) is 0. The van der Waals surface area contributed by atoms with Crippen LogP contribution in [0.5, 0.6) is 0 Å². The van der Waals surface area contributed by atoms with Gasteiger partial charge in [-0.15, -0.1) is 0 Å². The third kappa shape index (κ3) is 3.48. The van der Waals surface area contributed by atoms with Gasteiger partial charge in [0.15, 0.2) is 0 Å². The number of aryl methyl sites for hydroxylation is 1. The van der Waals surface area contributed by atoms with Crippen LogP contribution in [0.4, 0.5) is 5.69 Å². The van der Waals surface area contributed by atoms with Gasteiger partial charge in [-0.05, 0) is 30.2 Å². The number of anilines is 1. The molecule has 0 unspecified atom stereocenters. The van der Waals surface area contributed by atoms with Gasteiger partial charge in [0, 0.05) is 6.20 Å². The molecule has 0 heterocycles. The SMILES string of the molecule is Cc1ccccc1N(/C=C\c1ccccc1)S(C)(=O)=O. The molecule has 0 aromatic heterocycles. The van der Waals surface area contributed by atoms with Crippen LogP contribution in [-0.4, -0.2) is 14.7 Å². The maximum Gasteiger partial charge on any atom is 0.236 e. The largest absolute Gasteiger partial charge is 0.246 e. The van der Waals surface area contributed by atoms with Gasteiger partial charge in [-0.2, -0.15) is 0 Å². The van der Waals surface area contributed by atoms with Crippen LogP contribution in [0.3, 0.4) is 0 Å². The molecule has 20 heavy (non-hydrogen) atoms. The van der Waals surface area contributed by atoms with E-state index in [0.29, 0.717) is 5.69 Å². The van der Waals surface area contributed by atoms with Gasteiger partial charge < -0.3 is 0 Å². The second kappa shape index (κ2) is 5.92. The Bertz CT molecular complexity index is 706. The zero-order valence-corrected chi connectivity index (χ0v) is 12.3. The second-order valence-corrected chi connectivity index (χ2v) is 6.43. The molecule has 0 aliphatic carbocycles. The number of nitrogens with zero attached hydrogens (tertiary/aromatic N) is 1. The highest BCUT2D eigenvalue weighted by Crippen LogP contribution is 2.22. The summed E-state index contributed by atoms with van der Waals surface area (Å²) in [7, 11) is -3.36. The second-order valence-electron chi connectivity index (χ2n) is 4.57. The number of benzene rings is 2. The summed E-state index contributed by atoms with van der Waals surface area (Å²) in [5.41, 5.74) is 2.53. The smallest absolute Gasteiger partial charge is 0.236 e. The minimum absolute atomic E-state index is 0.669. The highest BCUT2D eigenvalue weighted by molar-refractivity contribution is 7.92. The van der Waals surface area contributed by atoms with E-state index in [4.69, 9.17) is 0 Å². The number of sulfonamides is 1. The van der Waals surface area contributed by atoms with E-state index >= 15 is 0 Å². The first-order chi connectivity index (χ1) is 9.48. The van der Waals surface area contributed by atoms with Crippen LogP contribution in [-0.2, 0) is 10.0 Å². The molecule has 2 aromatic carbocycles. The molecule has 0 fully saturated rings. The van der Waals surface area contributed by atoms with Gasteiger partial charge in [-0.3, -0.25) is 0 Å². The van der Waals surface area contributed by atoms with Crippen LogP contribution >= 0.6 is 0 Å². The van der Waals surface area contributed by atoms with Crippen molar-refractivity contribution in [3.05, 3.63) is 71.9 Å². The monoisotopic (exact) mass is 287 g/mol. The fraction of sp³-hybridized carbons (Fsp3) is 0.125. The number of hydrogen-bond acceptors (Lipinski definition) is 2. The minimum Gasteiger partial charge on any atom is -0.246 e. The van der Waals surface area contributed by atoms with Crippen molar-refractivity contribution < 1.29 is 8.42 Å². The van der Waals surface area contributed by atoms with Crippen LogP contribution < -0.4 is 4.31 Å². The Hall–Kier alpha value is -2.07. The van der Waals surface area contributed by atoms with Gasteiger partial charge in [0.2, 0.25) is 10.0 Å². The predicted molar refractivity (Wildman–Crippen MR) is 84.0 cm³/mol. The standard InChI is InChI=1S/C16H17NO2S/c1-14-8-6-7-11-16(14)17(20(2,18)19)13-12-15-9-4-3-5-10-15/h3-13H,1-2H3/b13-12-. The molecule has 0 atom stereocenters. The van der Waals surface area contributed by atoms with Gasteiger partial charge in [0.05, 0.1) is 11.9 Å². The Labute approximate surface area is 120 Å². The van der Waals surface area contributed by atoms with Crippen molar-refractivity contribution in [3.8, 4) is 0 Å². The van der Waals surface area contributed by atoms with Crippen LogP contribution in [0.2, 0.25) is 0 Å². The Morgan fingerprint density at radius 1 is 0.950 bits per heavy atom. The molecule has 2 aromatic rings. The first kappa shape index (κ1) is 14.3. The summed E-state index contributed by atoms with van der Waals surface area (Å²) in [6.07, 6.45) is 4.58. The zero-order chi connectivity index (χ0) is 14.6. The molecule has 0 saturated carbocycles. The van der Waals surface area contributed by atoms with Gasteiger partial charge in [0.1, 0.15) is 0 Å². The van der Waals surface area contributed by atoms with Crippen LogP contribution in [0.15, 0.2) is 60.8 Å². The van der Waals surface area contributed by atoms with Crippen molar-refractivity contribution in [2.45, 2.75) is 6.92 Å². The molecule has 0 bridgehead atoms. The van der Waals surface area contributed by atoms with E-state index in [1.54, 1.807) is 18.3 Å². The fourth-order valence-electron chi connectivity index (χ4n) is 1.90. The van der Waals surface area contributed by atoms with Crippen molar-refractivity contribution in [3.63, 3.8) is 0 Å². The van der Waals surface area contributed by atoms with E-state index < -0.39 is 10.0 Å². The molecule has 0 spiro atoms. The van der Waals surface area contributed by atoms with Crippen LogP contribution in [0, 0.1) is 6.92 Å². The molecule has 0 aliphatic heterocycles. The Morgan fingerprint density at radius 2 is 1.55 bits per heavy atom.